The van der Waals surface area contributed by atoms with Crippen LogP contribution in [0.2, 0.25) is 5.02 Å². The number of anilines is 1. The topological polar surface area (TPSA) is 41.1 Å². The fourth-order valence-corrected chi connectivity index (χ4v) is 1.76. The van der Waals surface area contributed by atoms with Crippen LogP contribution >= 0.6 is 11.6 Å². The van der Waals surface area contributed by atoms with Crippen molar-refractivity contribution in [1.29, 1.82) is 0 Å². The minimum Gasteiger partial charge on any atom is -0.324 e. The maximum Gasteiger partial charge on any atom is 0.228 e. The smallest absolute Gasteiger partial charge is 0.228 e. The second kappa shape index (κ2) is 6.62. The number of halogens is 1. The largest absolute Gasteiger partial charge is 0.324 e. The van der Waals surface area contributed by atoms with Gasteiger partial charge in [-0.2, -0.15) is 0 Å². The van der Waals surface area contributed by atoms with Crippen molar-refractivity contribution in [1.82, 2.24) is 5.32 Å². The molecule has 0 radical (unpaired) electrons. The minimum absolute atomic E-state index is 0.0119. The third kappa shape index (κ3) is 4.02. The van der Waals surface area contributed by atoms with Crippen molar-refractivity contribution < 1.29 is 4.79 Å². The summed E-state index contributed by atoms with van der Waals surface area (Å²) in [5.41, 5.74) is 1.68. The predicted molar refractivity (Wildman–Crippen MR) is 72.5 cm³/mol. The monoisotopic (exact) mass is 254 g/mol. The number of amides is 1. The fourth-order valence-electron chi connectivity index (χ4n) is 1.49. The van der Waals surface area contributed by atoms with Crippen molar-refractivity contribution in [3.8, 4) is 0 Å². The standard InChI is InChI=1S/C13H19ClN2O/c1-4-15-8-10(3)13(17)16-12-9(2)6-5-7-11(12)14/h5-7,10,15H,4,8H2,1-3H3,(H,16,17). The molecule has 17 heavy (non-hydrogen) atoms. The van der Waals surface area contributed by atoms with E-state index in [4.69, 9.17) is 11.6 Å². The lowest BCUT2D eigenvalue weighted by atomic mass is 10.1. The molecule has 1 aromatic rings. The van der Waals surface area contributed by atoms with Gasteiger partial charge in [0.2, 0.25) is 5.91 Å². The van der Waals surface area contributed by atoms with E-state index in [-0.39, 0.29) is 11.8 Å². The van der Waals surface area contributed by atoms with E-state index >= 15 is 0 Å². The molecule has 0 saturated carbocycles. The Labute approximate surface area is 108 Å². The van der Waals surface area contributed by atoms with E-state index in [1.165, 1.54) is 0 Å². The Balaban J connectivity index is 2.68. The Morgan fingerprint density at radius 2 is 2.18 bits per heavy atom. The fraction of sp³-hybridized carbons (Fsp3) is 0.462. The van der Waals surface area contributed by atoms with Crippen LogP contribution in [-0.2, 0) is 4.79 Å². The number of benzene rings is 1. The quantitative estimate of drug-likeness (QED) is 0.848. The molecule has 1 unspecified atom stereocenters. The van der Waals surface area contributed by atoms with Gasteiger partial charge in [-0.25, -0.2) is 0 Å². The van der Waals surface area contributed by atoms with Crippen LogP contribution < -0.4 is 10.6 Å². The molecule has 3 nitrogen and oxygen atoms in total. The van der Waals surface area contributed by atoms with Crippen LogP contribution in [0, 0.1) is 12.8 Å². The van der Waals surface area contributed by atoms with Gasteiger partial charge < -0.3 is 10.6 Å². The lowest BCUT2D eigenvalue weighted by molar-refractivity contribution is -0.119. The first-order chi connectivity index (χ1) is 8.06. The first-order valence-electron chi connectivity index (χ1n) is 5.83. The number of rotatable bonds is 5. The molecule has 0 fully saturated rings. The number of hydrogen-bond acceptors (Lipinski definition) is 2. The van der Waals surface area contributed by atoms with Gasteiger partial charge in [-0.1, -0.05) is 37.6 Å². The van der Waals surface area contributed by atoms with Crippen LogP contribution in [0.5, 0.6) is 0 Å². The molecule has 0 heterocycles. The highest BCUT2D eigenvalue weighted by atomic mass is 35.5. The molecular formula is C13H19ClN2O. The summed E-state index contributed by atoms with van der Waals surface area (Å²) in [5, 5.41) is 6.60. The number of nitrogens with one attached hydrogen (secondary N) is 2. The van der Waals surface area contributed by atoms with E-state index in [1.54, 1.807) is 6.07 Å². The summed E-state index contributed by atoms with van der Waals surface area (Å²) in [6, 6.07) is 5.57. The second-order valence-electron chi connectivity index (χ2n) is 4.13. The van der Waals surface area contributed by atoms with Crippen molar-refractivity contribution in [3.63, 3.8) is 0 Å². The average Bonchev–Trinajstić information content (AvgIpc) is 2.30. The van der Waals surface area contributed by atoms with Gasteiger partial charge in [-0.3, -0.25) is 4.79 Å². The Morgan fingerprint density at radius 1 is 1.47 bits per heavy atom. The van der Waals surface area contributed by atoms with Gasteiger partial charge in [0.25, 0.3) is 0 Å². The van der Waals surface area contributed by atoms with Gasteiger partial charge in [0.1, 0.15) is 0 Å². The Hall–Kier alpha value is -1.06. The zero-order valence-corrected chi connectivity index (χ0v) is 11.3. The van der Waals surface area contributed by atoms with E-state index in [0.29, 0.717) is 17.3 Å². The van der Waals surface area contributed by atoms with Crippen LogP contribution in [-0.4, -0.2) is 19.0 Å². The van der Waals surface area contributed by atoms with Crippen molar-refractivity contribution in [3.05, 3.63) is 28.8 Å². The second-order valence-corrected chi connectivity index (χ2v) is 4.54. The summed E-state index contributed by atoms with van der Waals surface area (Å²) in [4.78, 5) is 11.9. The van der Waals surface area contributed by atoms with Gasteiger partial charge in [-0.05, 0) is 25.1 Å². The van der Waals surface area contributed by atoms with Crippen LogP contribution in [0.25, 0.3) is 0 Å². The van der Waals surface area contributed by atoms with Crippen molar-refractivity contribution >= 4 is 23.2 Å². The van der Waals surface area contributed by atoms with Crippen LogP contribution in [0.4, 0.5) is 5.69 Å². The van der Waals surface area contributed by atoms with Gasteiger partial charge in [-0.15, -0.1) is 0 Å². The first kappa shape index (κ1) is 14.0. The third-order valence-corrected chi connectivity index (χ3v) is 2.93. The molecule has 0 aliphatic heterocycles. The number of hydrogen-bond donors (Lipinski definition) is 2. The van der Waals surface area contributed by atoms with Gasteiger partial charge in [0.05, 0.1) is 10.7 Å². The SMILES string of the molecule is CCNCC(C)C(=O)Nc1c(C)cccc1Cl. The Morgan fingerprint density at radius 3 is 2.76 bits per heavy atom. The Bertz CT molecular complexity index is 373. The number of carbonyl (C=O) groups is 1. The molecular weight excluding hydrogens is 236 g/mol. The molecule has 0 aromatic heterocycles. The molecule has 1 aromatic carbocycles. The van der Waals surface area contributed by atoms with E-state index in [2.05, 4.69) is 10.6 Å². The summed E-state index contributed by atoms with van der Waals surface area (Å²) in [5.74, 6) is -0.0900. The maximum absolute atomic E-state index is 11.9. The summed E-state index contributed by atoms with van der Waals surface area (Å²) in [6.45, 7) is 7.37. The average molecular weight is 255 g/mol. The lowest BCUT2D eigenvalue weighted by Gasteiger charge is -2.14. The van der Waals surface area contributed by atoms with Crippen molar-refractivity contribution in [2.75, 3.05) is 18.4 Å². The van der Waals surface area contributed by atoms with E-state index < -0.39 is 0 Å². The summed E-state index contributed by atoms with van der Waals surface area (Å²) < 4.78 is 0. The Kier molecular flexibility index (Phi) is 5.45. The van der Waals surface area contributed by atoms with Gasteiger partial charge in [0.15, 0.2) is 0 Å². The van der Waals surface area contributed by atoms with Gasteiger partial charge >= 0.3 is 0 Å². The van der Waals surface area contributed by atoms with Crippen molar-refractivity contribution in [2.24, 2.45) is 5.92 Å². The molecule has 0 aliphatic rings. The third-order valence-electron chi connectivity index (χ3n) is 2.62. The van der Waals surface area contributed by atoms with E-state index in [0.717, 1.165) is 12.1 Å². The van der Waals surface area contributed by atoms with E-state index in [1.807, 2.05) is 32.9 Å². The molecule has 94 valence electrons. The highest BCUT2D eigenvalue weighted by Crippen LogP contribution is 2.25. The normalized spacial score (nSPS) is 12.2. The van der Waals surface area contributed by atoms with Crippen LogP contribution in [0.3, 0.4) is 0 Å². The summed E-state index contributed by atoms with van der Waals surface area (Å²) in [6.07, 6.45) is 0. The molecule has 1 amide bonds. The first-order valence-corrected chi connectivity index (χ1v) is 6.20. The highest BCUT2D eigenvalue weighted by molar-refractivity contribution is 6.33. The number of carbonyl (C=O) groups excluding carboxylic acids is 1. The zero-order valence-electron chi connectivity index (χ0n) is 10.5. The highest BCUT2D eigenvalue weighted by Gasteiger charge is 2.14. The molecule has 1 atom stereocenters. The molecule has 1 rings (SSSR count). The van der Waals surface area contributed by atoms with Crippen molar-refractivity contribution in [2.45, 2.75) is 20.8 Å². The van der Waals surface area contributed by atoms with E-state index in [9.17, 15) is 4.79 Å². The van der Waals surface area contributed by atoms with Crippen LogP contribution in [0.1, 0.15) is 19.4 Å². The molecule has 2 N–H and O–H groups in total. The minimum atomic E-state index is -0.0781. The maximum atomic E-state index is 11.9. The number of para-hydroxylation sites is 1. The summed E-state index contributed by atoms with van der Waals surface area (Å²) in [7, 11) is 0. The molecule has 0 spiro atoms. The van der Waals surface area contributed by atoms with Crippen LogP contribution in [0.15, 0.2) is 18.2 Å². The predicted octanol–water partition coefficient (Wildman–Crippen LogP) is 2.83. The molecule has 0 saturated heterocycles. The molecule has 4 heteroatoms. The number of aryl methyl sites for hydroxylation is 1. The summed E-state index contributed by atoms with van der Waals surface area (Å²) >= 11 is 6.05. The molecule has 0 bridgehead atoms. The van der Waals surface area contributed by atoms with Gasteiger partial charge in [0, 0.05) is 12.5 Å². The lowest BCUT2D eigenvalue weighted by Crippen LogP contribution is -2.30. The molecule has 0 aliphatic carbocycles. The zero-order chi connectivity index (χ0) is 12.8.